The van der Waals surface area contributed by atoms with Gasteiger partial charge in [0.15, 0.2) is 0 Å². The van der Waals surface area contributed by atoms with Gasteiger partial charge in [-0.15, -0.1) is 0 Å². The van der Waals surface area contributed by atoms with Gasteiger partial charge in [-0.2, -0.15) is 0 Å². The Hall–Kier alpha value is -5.80. The molecule has 0 saturated heterocycles. The normalized spacial score (nSPS) is 11.7. The topological polar surface area (TPSA) is 29.5 Å². The fourth-order valence-corrected chi connectivity index (χ4v) is 6.49. The van der Waals surface area contributed by atoms with Crippen molar-refractivity contribution in [3.63, 3.8) is 0 Å². The van der Waals surface area contributed by atoms with E-state index in [2.05, 4.69) is 138 Å². The highest BCUT2D eigenvalue weighted by atomic mass is 16.3. The van der Waals surface area contributed by atoms with Crippen molar-refractivity contribution in [1.82, 2.24) is 0 Å². The van der Waals surface area contributed by atoms with Gasteiger partial charge in [0.2, 0.25) is 0 Å². The van der Waals surface area contributed by atoms with Crippen LogP contribution in [0.4, 0.5) is 17.1 Å². The molecule has 2 aromatic heterocycles. The quantitative estimate of drug-likeness (QED) is 0.218. The summed E-state index contributed by atoms with van der Waals surface area (Å²) in [4.78, 5) is 2.31. The van der Waals surface area contributed by atoms with E-state index in [1.54, 1.807) is 0 Å². The summed E-state index contributed by atoms with van der Waals surface area (Å²) in [7, 11) is 0. The standard InChI is InChI=1S/C40H25NO2/c1-2-12-29(13-3-1)41(34-16-9-19-37-40(34)32-14-6-7-17-35(32)42-37)30-22-20-26(21-23-30)31-15-8-18-36-39(31)33-24-27-10-4-5-11-28(27)25-38(33)43-36/h1-25H. The summed E-state index contributed by atoms with van der Waals surface area (Å²) < 4.78 is 12.6. The minimum atomic E-state index is 0.877. The largest absolute Gasteiger partial charge is 0.456 e. The van der Waals surface area contributed by atoms with Crippen molar-refractivity contribution in [3.05, 3.63) is 152 Å². The van der Waals surface area contributed by atoms with Gasteiger partial charge in [-0.1, -0.05) is 91.0 Å². The van der Waals surface area contributed by atoms with E-state index in [0.29, 0.717) is 0 Å². The number of benzene rings is 7. The molecule has 9 aromatic rings. The van der Waals surface area contributed by atoms with Crippen molar-refractivity contribution in [3.8, 4) is 11.1 Å². The van der Waals surface area contributed by atoms with Gasteiger partial charge in [0, 0.05) is 27.5 Å². The first-order chi connectivity index (χ1) is 21.3. The highest BCUT2D eigenvalue weighted by Gasteiger charge is 2.20. The van der Waals surface area contributed by atoms with Gasteiger partial charge in [-0.05, 0) is 82.6 Å². The summed E-state index contributed by atoms with van der Waals surface area (Å²) in [5.74, 6) is 0. The number of anilines is 3. The predicted molar refractivity (Wildman–Crippen MR) is 179 cm³/mol. The van der Waals surface area contributed by atoms with Crippen molar-refractivity contribution in [2.75, 3.05) is 4.90 Å². The van der Waals surface area contributed by atoms with Gasteiger partial charge in [-0.3, -0.25) is 0 Å². The Balaban J connectivity index is 1.22. The average molecular weight is 552 g/mol. The van der Waals surface area contributed by atoms with Crippen molar-refractivity contribution >= 4 is 71.7 Å². The summed E-state index contributed by atoms with van der Waals surface area (Å²) in [6.45, 7) is 0. The molecule has 0 atom stereocenters. The first-order valence-corrected chi connectivity index (χ1v) is 14.5. The Morgan fingerprint density at radius 1 is 0.395 bits per heavy atom. The summed E-state index contributed by atoms with van der Waals surface area (Å²) in [5, 5.41) is 6.89. The molecule has 9 rings (SSSR count). The van der Waals surface area contributed by atoms with E-state index < -0.39 is 0 Å². The SMILES string of the molecule is c1ccc(N(c2ccc(-c3cccc4oc5cc6ccccc6cc5c34)cc2)c2cccc3oc4ccccc4c23)cc1. The first kappa shape index (κ1) is 23.9. The van der Waals surface area contributed by atoms with Gasteiger partial charge in [0.25, 0.3) is 0 Å². The molecule has 0 bridgehead atoms. The van der Waals surface area contributed by atoms with Crippen LogP contribution < -0.4 is 4.90 Å². The van der Waals surface area contributed by atoms with Crippen molar-refractivity contribution < 1.29 is 8.83 Å². The van der Waals surface area contributed by atoms with Gasteiger partial charge in [0.05, 0.1) is 11.1 Å². The highest BCUT2D eigenvalue weighted by molar-refractivity contribution is 6.16. The lowest BCUT2D eigenvalue weighted by atomic mass is 9.98. The zero-order valence-electron chi connectivity index (χ0n) is 23.2. The molecule has 3 nitrogen and oxygen atoms in total. The zero-order chi connectivity index (χ0) is 28.3. The Kier molecular flexibility index (Phi) is 5.20. The third kappa shape index (κ3) is 3.75. The second-order valence-electron chi connectivity index (χ2n) is 10.9. The van der Waals surface area contributed by atoms with Gasteiger partial charge < -0.3 is 13.7 Å². The molecule has 0 amide bonds. The van der Waals surface area contributed by atoms with E-state index in [4.69, 9.17) is 8.83 Å². The number of rotatable bonds is 4. The molecule has 0 saturated carbocycles. The van der Waals surface area contributed by atoms with Crippen LogP contribution in [0.5, 0.6) is 0 Å². The first-order valence-electron chi connectivity index (χ1n) is 14.5. The molecule has 202 valence electrons. The number of nitrogens with zero attached hydrogens (tertiary/aromatic N) is 1. The van der Waals surface area contributed by atoms with Crippen LogP contribution >= 0.6 is 0 Å². The maximum Gasteiger partial charge on any atom is 0.137 e. The monoisotopic (exact) mass is 551 g/mol. The van der Waals surface area contributed by atoms with E-state index in [1.807, 2.05) is 18.2 Å². The third-order valence-electron chi connectivity index (χ3n) is 8.44. The lowest BCUT2D eigenvalue weighted by molar-refractivity contribution is 0.669. The van der Waals surface area contributed by atoms with Crippen LogP contribution in [0, 0.1) is 0 Å². The molecule has 3 heteroatoms. The molecule has 0 spiro atoms. The Labute approximate surface area is 247 Å². The lowest BCUT2D eigenvalue weighted by Crippen LogP contribution is -2.10. The summed E-state index contributed by atoms with van der Waals surface area (Å²) in [6, 6.07) is 53.1. The molecule has 0 unspecified atom stereocenters. The van der Waals surface area contributed by atoms with E-state index >= 15 is 0 Å². The molecule has 0 N–H and O–H groups in total. The van der Waals surface area contributed by atoms with Crippen molar-refractivity contribution in [1.29, 1.82) is 0 Å². The summed E-state index contributed by atoms with van der Waals surface area (Å²) in [5.41, 5.74) is 9.12. The van der Waals surface area contributed by atoms with E-state index in [0.717, 1.165) is 72.1 Å². The number of hydrogen-bond donors (Lipinski definition) is 0. The van der Waals surface area contributed by atoms with Crippen LogP contribution in [0.3, 0.4) is 0 Å². The highest BCUT2D eigenvalue weighted by Crippen LogP contribution is 2.44. The van der Waals surface area contributed by atoms with E-state index in [1.165, 1.54) is 10.8 Å². The van der Waals surface area contributed by atoms with Gasteiger partial charge in [0.1, 0.15) is 22.3 Å². The molecule has 7 aromatic carbocycles. The second kappa shape index (κ2) is 9.37. The summed E-state index contributed by atoms with van der Waals surface area (Å²) in [6.07, 6.45) is 0. The molecule has 0 aliphatic heterocycles. The Bertz CT molecular complexity index is 2450. The van der Waals surface area contributed by atoms with Gasteiger partial charge >= 0.3 is 0 Å². The van der Waals surface area contributed by atoms with Crippen LogP contribution in [0.1, 0.15) is 0 Å². The molecule has 0 fully saturated rings. The number of para-hydroxylation sites is 2. The maximum atomic E-state index is 6.35. The predicted octanol–water partition coefficient (Wildman–Crippen LogP) is 11.8. The number of fused-ring (bicyclic) bond motifs is 7. The minimum Gasteiger partial charge on any atom is -0.456 e. The maximum absolute atomic E-state index is 6.35. The van der Waals surface area contributed by atoms with Crippen LogP contribution in [-0.4, -0.2) is 0 Å². The Morgan fingerprint density at radius 2 is 1.02 bits per heavy atom. The number of hydrogen-bond acceptors (Lipinski definition) is 3. The minimum absolute atomic E-state index is 0.877. The fraction of sp³-hybridized carbons (Fsp3) is 0. The van der Waals surface area contributed by atoms with Crippen LogP contribution in [0.25, 0.3) is 65.8 Å². The molecular weight excluding hydrogens is 526 g/mol. The van der Waals surface area contributed by atoms with Crippen molar-refractivity contribution in [2.24, 2.45) is 0 Å². The lowest BCUT2D eigenvalue weighted by Gasteiger charge is -2.26. The van der Waals surface area contributed by atoms with Crippen LogP contribution in [0.2, 0.25) is 0 Å². The smallest absolute Gasteiger partial charge is 0.137 e. The molecule has 0 radical (unpaired) electrons. The average Bonchev–Trinajstić information content (AvgIpc) is 3.63. The second-order valence-corrected chi connectivity index (χ2v) is 10.9. The number of furan rings is 2. The van der Waals surface area contributed by atoms with E-state index in [-0.39, 0.29) is 0 Å². The third-order valence-corrected chi connectivity index (χ3v) is 8.44. The van der Waals surface area contributed by atoms with Gasteiger partial charge in [-0.25, -0.2) is 0 Å². The van der Waals surface area contributed by atoms with Crippen molar-refractivity contribution in [2.45, 2.75) is 0 Å². The van der Waals surface area contributed by atoms with Crippen LogP contribution in [-0.2, 0) is 0 Å². The molecule has 0 aliphatic carbocycles. The molecule has 43 heavy (non-hydrogen) atoms. The fourth-order valence-electron chi connectivity index (χ4n) is 6.49. The van der Waals surface area contributed by atoms with Crippen LogP contribution in [0.15, 0.2) is 160 Å². The molecular formula is C40H25NO2. The molecule has 0 aliphatic rings. The molecule has 2 heterocycles. The Morgan fingerprint density at radius 3 is 1.86 bits per heavy atom. The zero-order valence-corrected chi connectivity index (χ0v) is 23.2. The van der Waals surface area contributed by atoms with E-state index in [9.17, 15) is 0 Å². The summed E-state index contributed by atoms with van der Waals surface area (Å²) >= 11 is 0.